The van der Waals surface area contributed by atoms with Crippen molar-refractivity contribution in [2.75, 3.05) is 19.6 Å². The third-order valence-electron chi connectivity index (χ3n) is 3.90. The van der Waals surface area contributed by atoms with Crippen molar-refractivity contribution in [1.82, 2.24) is 20.0 Å². The molecule has 1 aliphatic heterocycles. The molecule has 6 heteroatoms. The van der Waals surface area contributed by atoms with E-state index in [1.165, 1.54) is 5.69 Å². The predicted octanol–water partition coefficient (Wildman–Crippen LogP) is 2.16. The molecule has 1 saturated heterocycles. The molecule has 2 heterocycles. The van der Waals surface area contributed by atoms with Gasteiger partial charge in [-0.1, -0.05) is 0 Å². The van der Waals surface area contributed by atoms with Gasteiger partial charge in [0.1, 0.15) is 5.60 Å². The lowest BCUT2D eigenvalue weighted by atomic mass is 10.1. The number of aromatic nitrogens is 2. The Bertz CT molecular complexity index is 493. The lowest BCUT2D eigenvalue weighted by Crippen LogP contribution is -2.35. The maximum atomic E-state index is 12.0. The molecule has 0 spiro atoms. The third kappa shape index (κ3) is 5.02. The van der Waals surface area contributed by atoms with Gasteiger partial charge in [0.15, 0.2) is 0 Å². The molecule has 1 N–H and O–H groups in total. The van der Waals surface area contributed by atoms with Crippen molar-refractivity contribution in [2.24, 2.45) is 13.0 Å². The standard InChI is InChI=1S/C16H28N4O2/c1-16(2,3)22-15(21)20-10-7-13(12-20)5-8-17-11-14-6-9-18-19(14)4/h6,9,13,17H,5,7-8,10-12H2,1-4H3. The van der Waals surface area contributed by atoms with Crippen LogP contribution in [0.3, 0.4) is 0 Å². The maximum Gasteiger partial charge on any atom is 0.410 e. The summed E-state index contributed by atoms with van der Waals surface area (Å²) < 4.78 is 7.30. The van der Waals surface area contributed by atoms with Crippen LogP contribution < -0.4 is 5.32 Å². The number of nitrogens with zero attached hydrogens (tertiary/aromatic N) is 3. The lowest BCUT2D eigenvalue weighted by molar-refractivity contribution is 0.0287. The van der Waals surface area contributed by atoms with E-state index < -0.39 is 5.60 Å². The maximum absolute atomic E-state index is 12.0. The van der Waals surface area contributed by atoms with Crippen LogP contribution in [0, 0.1) is 5.92 Å². The van der Waals surface area contributed by atoms with Crippen LogP contribution >= 0.6 is 0 Å². The van der Waals surface area contributed by atoms with Crippen molar-refractivity contribution in [3.8, 4) is 0 Å². The molecule has 1 aliphatic rings. The number of rotatable bonds is 5. The van der Waals surface area contributed by atoms with Gasteiger partial charge in [0.25, 0.3) is 0 Å². The number of hydrogen-bond acceptors (Lipinski definition) is 4. The van der Waals surface area contributed by atoms with Crippen LogP contribution in [0.25, 0.3) is 0 Å². The van der Waals surface area contributed by atoms with E-state index in [0.717, 1.165) is 39.0 Å². The highest BCUT2D eigenvalue weighted by molar-refractivity contribution is 5.68. The summed E-state index contributed by atoms with van der Waals surface area (Å²) in [5.41, 5.74) is 0.765. The predicted molar refractivity (Wildman–Crippen MR) is 85.4 cm³/mol. The Balaban J connectivity index is 1.64. The normalized spacial score (nSPS) is 18.7. The van der Waals surface area contributed by atoms with Crippen LogP contribution in [0.5, 0.6) is 0 Å². The van der Waals surface area contributed by atoms with Crippen LogP contribution in [-0.2, 0) is 18.3 Å². The molecule has 0 radical (unpaired) electrons. The van der Waals surface area contributed by atoms with Crippen LogP contribution in [-0.4, -0.2) is 46.0 Å². The highest BCUT2D eigenvalue weighted by atomic mass is 16.6. The summed E-state index contributed by atoms with van der Waals surface area (Å²) in [6.07, 6.45) is 3.77. The van der Waals surface area contributed by atoms with Crippen molar-refractivity contribution >= 4 is 6.09 Å². The van der Waals surface area contributed by atoms with Crippen molar-refractivity contribution in [3.63, 3.8) is 0 Å². The molecular formula is C16H28N4O2. The highest BCUT2D eigenvalue weighted by Crippen LogP contribution is 2.21. The Hall–Kier alpha value is -1.56. The fourth-order valence-electron chi connectivity index (χ4n) is 2.66. The van der Waals surface area contributed by atoms with Gasteiger partial charge in [0.05, 0.1) is 5.69 Å². The van der Waals surface area contributed by atoms with Gasteiger partial charge in [0.2, 0.25) is 0 Å². The first kappa shape index (κ1) is 16.8. The molecule has 1 unspecified atom stereocenters. The number of ether oxygens (including phenoxy) is 1. The fraction of sp³-hybridized carbons (Fsp3) is 0.750. The van der Waals surface area contributed by atoms with E-state index in [4.69, 9.17) is 4.74 Å². The topological polar surface area (TPSA) is 59.4 Å². The van der Waals surface area contributed by atoms with Gasteiger partial charge in [-0.2, -0.15) is 5.10 Å². The minimum atomic E-state index is -0.417. The van der Waals surface area contributed by atoms with Gasteiger partial charge in [-0.25, -0.2) is 4.79 Å². The molecular weight excluding hydrogens is 280 g/mol. The first-order chi connectivity index (χ1) is 10.3. The molecule has 0 aliphatic carbocycles. The second-order valence-electron chi connectivity index (χ2n) is 6.99. The van der Waals surface area contributed by atoms with E-state index in [2.05, 4.69) is 10.4 Å². The lowest BCUT2D eigenvalue weighted by Gasteiger charge is -2.24. The summed E-state index contributed by atoms with van der Waals surface area (Å²) in [7, 11) is 1.95. The molecule has 0 saturated carbocycles. The van der Waals surface area contributed by atoms with Gasteiger partial charge < -0.3 is 15.0 Å². The number of hydrogen-bond donors (Lipinski definition) is 1. The zero-order chi connectivity index (χ0) is 16.2. The Labute approximate surface area is 132 Å². The molecule has 1 aromatic heterocycles. The second kappa shape index (κ2) is 7.13. The molecule has 0 bridgehead atoms. The van der Waals surface area contributed by atoms with Gasteiger partial charge >= 0.3 is 6.09 Å². The first-order valence-corrected chi connectivity index (χ1v) is 8.00. The number of nitrogens with one attached hydrogen (secondary N) is 1. The van der Waals surface area contributed by atoms with E-state index in [1.54, 1.807) is 0 Å². The average molecular weight is 308 g/mol. The molecule has 1 fully saturated rings. The van der Waals surface area contributed by atoms with Gasteiger partial charge in [-0.3, -0.25) is 4.68 Å². The largest absolute Gasteiger partial charge is 0.444 e. The summed E-state index contributed by atoms with van der Waals surface area (Å²) >= 11 is 0. The minimum Gasteiger partial charge on any atom is -0.444 e. The molecule has 22 heavy (non-hydrogen) atoms. The van der Waals surface area contributed by atoms with Crippen molar-refractivity contribution in [2.45, 2.75) is 45.8 Å². The Morgan fingerprint density at radius 1 is 1.50 bits per heavy atom. The monoisotopic (exact) mass is 308 g/mol. The Morgan fingerprint density at radius 2 is 2.27 bits per heavy atom. The van der Waals surface area contributed by atoms with E-state index in [1.807, 2.05) is 49.7 Å². The molecule has 1 amide bonds. The van der Waals surface area contributed by atoms with Crippen molar-refractivity contribution in [3.05, 3.63) is 18.0 Å². The Kier molecular flexibility index (Phi) is 5.45. The summed E-state index contributed by atoms with van der Waals surface area (Å²) in [5, 5.41) is 7.59. The van der Waals surface area contributed by atoms with Crippen LogP contribution in [0.2, 0.25) is 0 Å². The van der Waals surface area contributed by atoms with Crippen molar-refractivity contribution in [1.29, 1.82) is 0 Å². The number of aryl methyl sites for hydroxylation is 1. The quantitative estimate of drug-likeness (QED) is 0.847. The van der Waals surface area contributed by atoms with Gasteiger partial charge in [-0.15, -0.1) is 0 Å². The Morgan fingerprint density at radius 3 is 2.91 bits per heavy atom. The zero-order valence-electron chi connectivity index (χ0n) is 14.1. The minimum absolute atomic E-state index is 0.183. The highest BCUT2D eigenvalue weighted by Gasteiger charge is 2.29. The smallest absolute Gasteiger partial charge is 0.410 e. The van der Waals surface area contributed by atoms with E-state index in [9.17, 15) is 4.79 Å². The van der Waals surface area contributed by atoms with Gasteiger partial charge in [-0.05, 0) is 52.1 Å². The van der Waals surface area contributed by atoms with E-state index in [-0.39, 0.29) is 6.09 Å². The summed E-state index contributed by atoms with van der Waals surface area (Å²) in [6, 6.07) is 2.02. The summed E-state index contributed by atoms with van der Waals surface area (Å²) in [5.74, 6) is 0.562. The molecule has 124 valence electrons. The SMILES string of the molecule is Cn1nccc1CNCCC1CCN(C(=O)OC(C)(C)C)C1. The molecule has 0 aromatic carbocycles. The fourth-order valence-corrected chi connectivity index (χ4v) is 2.66. The van der Waals surface area contributed by atoms with Crippen LogP contribution in [0.15, 0.2) is 12.3 Å². The summed E-state index contributed by atoms with van der Waals surface area (Å²) in [6.45, 7) is 9.11. The van der Waals surface area contributed by atoms with Crippen molar-refractivity contribution < 1.29 is 9.53 Å². The molecule has 1 aromatic rings. The molecule has 2 rings (SSSR count). The number of carbonyl (C=O) groups is 1. The molecule has 1 atom stereocenters. The second-order valence-corrected chi connectivity index (χ2v) is 6.99. The zero-order valence-corrected chi connectivity index (χ0v) is 14.1. The summed E-state index contributed by atoms with van der Waals surface area (Å²) in [4.78, 5) is 13.8. The first-order valence-electron chi connectivity index (χ1n) is 8.00. The van der Waals surface area contributed by atoms with Crippen LogP contribution in [0.4, 0.5) is 4.79 Å². The number of likely N-dealkylation sites (tertiary alicyclic amines) is 1. The third-order valence-corrected chi connectivity index (χ3v) is 3.90. The average Bonchev–Trinajstić information content (AvgIpc) is 3.02. The van der Waals surface area contributed by atoms with E-state index >= 15 is 0 Å². The van der Waals surface area contributed by atoms with E-state index in [0.29, 0.717) is 5.92 Å². The van der Waals surface area contributed by atoms with Crippen LogP contribution in [0.1, 0.15) is 39.3 Å². The number of amides is 1. The number of carbonyl (C=O) groups excluding carboxylic acids is 1. The molecule has 6 nitrogen and oxygen atoms in total. The van der Waals surface area contributed by atoms with Gasteiger partial charge in [0, 0.05) is 32.9 Å².